The van der Waals surface area contributed by atoms with Crippen LogP contribution < -0.4 is 4.74 Å². The van der Waals surface area contributed by atoms with Crippen molar-refractivity contribution in [1.82, 2.24) is 5.16 Å². The van der Waals surface area contributed by atoms with Crippen molar-refractivity contribution >= 4 is 11.8 Å². The van der Waals surface area contributed by atoms with Gasteiger partial charge in [-0.05, 0) is 24.6 Å². The van der Waals surface area contributed by atoms with Gasteiger partial charge in [0.2, 0.25) is 0 Å². The summed E-state index contributed by atoms with van der Waals surface area (Å²) in [6.45, 7) is 1.83. The van der Waals surface area contributed by atoms with E-state index < -0.39 is 23.7 Å². The van der Waals surface area contributed by atoms with Crippen LogP contribution in [0.15, 0.2) is 35.0 Å². The molecule has 3 rings (SSSR count). The Balaban J connectivity index is 1.78. The lowest BCUT2D eigenvalue weighted by Crippen LogP contribution is -2.50. The molecule has 22 heavy (non-hydrogen) atoms. The fourth-order valence-corrected chi connectivity index (χ4v) is 3.45. The lowest BCUT2D eigenvalue weighted by Gasteiger charge is -2.34. The SMILES string of the molecule is Cc1oncc1-c1cccc(O[C@@H]2SC[C@@H](O)[C@H](O)[C@H]2O)c1. The third-order valence-electron chi connectivity index (χ3n) is 3.60. The van der Waals surface area contributed by atoms with E-state index in [1.54, 1.807) is 12.3 Å². The highest BCUT2D eigenvalue weighted by Gasteiger charge is 2.38. The molecular weight excluding hydrogens is 306 g/mol. The number of aromatic nitrogens is 1. The van der Waals surface area contributed by atoms with E-state index in [0.717, 1.165) is 11.1 Å². The van der Waals surface area contributed by atoms with Gasteiger partial charge in [-0.25, -0.2) is 0 Å². The predicted octanol–water partition coefficient (Wildman–Crippen LogP) is 1.18. The summed E-state index contributed by atoms with van der Waals surface area (Å²) in [5, 5.41) is 33.0. The van der Waals surface area contributed by atoms with Crippen molar-refractivity contribution in [2.24, 2.45) is 0 Å². The average molecular weight is 323 g/mol. The number of aryl methyl sites for hydroxylation is 1. The third kappa shape index (κ3) is 2.98. The third-order valence-corrected chi connectivity index (χ3v) is 4.84. The Morgan fingerprint density at radius 1 is 1.27 bits per heavy atom. The smallest absolute Gasteiger partial charge is 0.173 e. The van der Waals surface area contributed by atoms with E-state index in [2.05, 4.69) is 5.16 Å². The second-order valence-corrected chi connectivity index (χ2v) is 6.32. The lowest BCUT2D eigenvalue weighted by atomic mass is 10.1. The Bertz CT molecular complexity index is 646. The van der Waals surface area contributed by atoms with Gasteiger partial charge in [-0.2, -0.15) is 0 Å². The summed E-state index contributed by atoms with van der Waals surface area (Å²) in [5.74, 6) is 1.59. The second-order valence-electron chi connectivity index (χ2n) is 5.19. The standard InChI is InChI=1S/C15H17NO5S/c1-8-11(6-16-21-8)9-3-2-4-10(5-9)20-15-14(19)13(18)12(17)7-22-15/h2-6,12-15,17-19H,7H2,1H3/t12-,13+,14-,15-/m1/s1. The predicted molar refractivity (Wildman–Crippen MR) is 81.6 cm³/mol. The van der Waals surface area contributed by atoms with Gasteiger partial charge >= 0.3 is 0 Å². The number of rotatable bonds is 3. The van der Waals surface area contributed by atoms with Crippen LogP contribution >= 0.6 is 11.8 Å². The zero-order chi connectivity index (χ0) is 15.7. The Hall–Kier alpha value is -1.54. The first-order valence-electron chi connectivity index (χ1n) is 6.90. The van der Waals surface area contributed by atoms with Gasteiger partial charge in [0.25, 0.3) is 0 Å². The van der Waals surface area contributed by atoms with Crippen molar-refractivity contribution in [3.63, 3.8) is 0 Å². The number of ether oxygens (including phenoxy) is 1. The largest absolute Gasteiger partial charge is 0.477 e. The minimum atomic E-state index is -1.20. The fourth-order valence-electron chi connectivity index (χ4n) is 2.33. The zero-order valence-electron chi connectivity index (χ0n) is 11.9. The number of hydrogen-bond donors (Lipinski definition) is 3. The summed E-state index contributed by atoms with van der Waals surface area (Å²) < 4.78 is 10.8. The van der Waals surface area contributed by atoms with E-state index in [9.17, 15) is 15.3 Å². The lowest BCUT2D eigenvalue weighted by molar-refractivity contribution is -0.0786. The van der Waals surface area contributed by atoms with Crippen LogP contribution in [0, 0.1) is 6.92 Å². The molecule has 1 aromatic carbocycles. The molecule has 1 aromatic heterocycles. The molecule has 0 saturated carbocycles. The Labute approximate surface area is 131 Å². The molecule has 1 aliphatic heterocycles. The number of thioether (sulfide) groups is 1. The van der Waals surface area contributed by atoms with Crippen LogP contribution in [0.5, 0.6) is 5.75 Å². The Morgan fingerprint density at radius 3 is 2.82 bits per heavy atom. The normalized spacial score (nSPS) is 28.5. The molecule has 7 heteroatoms. The molecule has 1 fully saturated rings. The molecule has 0 bridgehead atoms. The maximum atomic E-state index is 9.99. The highest BCUT2D eigenvalue weighted by atomic mass is 32.2. The van der Waals surface area contributed by atoms with Gasteiger partial charge in [-0.15, -0.1) is 11.8 Å². The first-order chi connectivity index (χ1) is 10.6. The maximum Gasteiger partial charge on any atom is 0.173 e. The molecule has 1 saturated heterocycles. The van der Waals surface area contributed by atoms with Crippen LogP contribution in [-0.2, 0) is 0 Å². The van der Waals surface area contributed by atoms with Gasteiger partial charge in [0.1, 0.15) is 23.7 Å². The van der Waals surface area contributed by atoms with Crippen LogP contribution in [-0.4, -0.2) is 50.0 Å². The number of aliphatic hydroxyl groups excluding tert-OH is 3. The number of benzene rings is 1. The zero-order valence-corrected chi connectivity index (χ0v) is 12.7. The highest BCUT2D eigenvalue weighted by Crippen LogP contribution is 2.31. The van der Waals surface area contributed by atoms with Gasteiger partial charge in [0.05, 0.1) is 12.3 Å². The molecule has 0 spiro atoms. The van der Waals surface area contributed by atoms with Gasteiger partial charge in [0, 0.05) is 11.3 Å². The van der Waals surface area contributed by atoms with Crippen molar-refractivity contribution < 1.29 is 24.6 Å². The summed E-state index contributed by atoms with van der Waals surface area (Å²) in [5.41, 5.74) is 1.14. The monoisotopic (exact) mass is 323 g/mol. The summed E-state index contributed by atoms with van der Waals surface area (Å²) >= 11 is 1.27. The number of hydrogen-bond acceptors (Lipinski definition) is 7. The van der Waals surface area contributed by atoms with E-state index in [1.165, 1.54) is 11.8 Å². The van der Waals surface area contributed by atoms with E-state index in [-0.39, 0.29) is 0 Å². The molecule has 2 heterocycles. The average Bonchev–Trinajstić information content (AvgIpc) is 2.94. The van der Waals surface area contributed by atoms with E-state index >= 15 is 0 Å². The summed E-state index contributed by atoms with van der Waals surface area (Å²) in [4.78, 5) is 0. The van der Waals surface area contributed by atoms with Crippen molar-refractivity contribution in [3.05, 3.63) is 36.2 Å². The van der Waals surface area contributed by atoms with Crippen molar-refractivity contribution in [2.45, 2.75) is 30.7 Å². The molecule has 6 nitrogen and oxygen atoms in total. The van der Waals surface area contributed by atoms with Crippen LogP contribution in [0.1, 0.15) is 5.76 Å². The molecule has 118 valence electrons. The van der Waals surface area contributed by atoms with Crippen LogP contribution in [0.2, 0.25) is 0 Å². The molecule has 0 aliphatic carbocycles. The van der Waals surface area contributed by atoms with Gasteiger partial charge < -0.3 is 24.6 Å². The maximum absolute atomic E-state index is 9.99. The van der Waals surface area contributed by atoms with Gasteiger partial charge in [-0.1, -0.05) is 17.3 Å². The fraction of sp³-hybridized carbons (Fsp3) is 0.400. The molecule has 0 amide bonds. The minimum Gasteiger partial charge on any atom is -0.477 e. The second kappa shape index (κ2) is 6.29. The molecule has 3 N–H and O–H groups in total. The molecule has 0 radical (unpaired) electrons. The first kappa shape index (κ1) is 15.4. The molecule has 0 unspecified atom stereocenters. The Morgan fingerprint density at radius 2 is 2.09 bits per heavy atom. The minimum absolute atomic E-state index is 0.313. The first-order valence-corrected chi connectivity index (χ1v) is 7.95. The van der Waals surface area contributed by atoms with Crippen LogP contribution in [0.25, 0.3) is 11.1 Å². The molecule has 4 atom stereocenters. The highest BCUT2D eigenvalue weighted by molar-refractivity contribution is 7.99. The summed E-state index contributed by atoms with van der Waals surface area (Å²) in [7, 11) is 0. The van der Waals surface area contributed by atoms with E-state index in [4.69, 9.17) is 9.26 Å². The van der Waals surface area contributed by atoms with Crippen molar-refractivity contribution in [3.8, 4) is 16.9 Å². The van der Waals surface area contributed by atoms with Crippen LogP contribution in [0.3, 0.4) is 0 Å². The Kier molecular flexibility index (Phi) is 4.39. The number of aliphatic hydroxyl groups is 3. The molecular formula is C15H17NO5S. The molecule has 2 aromatic rings. The summed E-state index contributed by atoms with van der Waals surface area (Å²) in [6, 6.07) is 7.35. The van der Waals surface area contributed by atoms with Crippen LogP contribution in [0.4, 0.5) is 0 Å². The van der Waals surface area contributed by atoms with E-state index in [1.807, 2.05) is 25.1 Å². The number of nitrogens with zero attached hydrogens (tertiary/aromatic N) is 1. The quantitative estimate of drug-likeness (QED) is 0.780. The molecule has 1 aliphatic rings. The van der Waals surface area contributed by atoms with E-state index in [0.29, 0.717) is 17.3 Å². The van der Waals surface area contributed by atoms with Gasteiger partial charge in [-0.3, -0.25) is 0 Å². The summed E-state index contributed by atoms with van der Waals surface area (Å²) in [6.07, 6.45) is -1.64. The van der Waals surface area contributed by atoms with Gasteiger partial charge in [0.15, 0.2) is 5.44 Å². The van der Waals surface area contributed by atoms with Crippen molar-refractivity contribution in [2.75, 3.05) is 5.75 Å². The topological polar surface area (TPSA) is 96.0 Å². The van der Waals surface area contributed by atoms with Crippen molar-refractivity contribution in [1.29, 1.82) is 0 Å².